The van der Waals surface area contributed by atoms with Gasteiger partial charge in [0.05, 0.1) is 11.6 Å². The highest BCUT2D eigenvalue weighted by Crippen LogP contribution is 2.45. The van der Waals surface area contributed by atoms with E-state index in [1.165, 1.54) is 44.3 Å². The van der Waals surface area contributed by atoms with Crippen molar-refractivity contribution in [3.63, 3.8) is 0 Å². The molecule has 0 radical (unpaired) electrons. The van der Waals surface area contributed by atoms with Crippen molar-refractivity contribution in [2.45, 2.75) is 56.2 Å². The lowest BCUT2D eigenvalue weighted by atomic mass is 9.85. The van der Waals surface area contributed by atoms with Gasteiger partial charge in [-0.15, -0.1) is 10.2 Å². The van der Waals surface area contributed by atoms with Crippen LogP contribution in [0.25, 0.3) is 16.5 Å². The fourth-order valence-electron chi connectivity index (χ4n) is 5.56. The van der Waals surface area contributed by atoms with Gasteiger partial charge in [0.15, 0.2) is 4.34 Å². The standard InChI is InChI=1S/C36H33N3O3S2/c1-21-13-14-22(2)28(19-21)31(40)29-30(24-15-17-26(18-16-24)36(3,4)5)39(33(42)32(29)41)34-37-38-35(44-34)43-20-25-11-8-10-23-9-6-7-12-27(23)25/h6-19,30,40H,20H2,1-5H3. The van der Waals surface area contributed by atoms with Crippen molar-refractivity contribution in [3.8, 4) is 0 Å². The molecule has 44 heavy (non-hydrogen) atoms. The van der Waals surface area contributed by atoms with Crippen LogP contribution in [0.15, 0.2) is 94.8 Å². The molecule has 1 amide bonds. The van der Waals surface area contributed by atoms with Crippen LogP contribution < -0.4 is 4.90 Å². The predicted molar refractivity (Wildman–Crippen MR) is 179 cm³/mol. The number of anilines is 1. The number of aliphatic hydroxyl groups is 1. The fourth-order valence-corrected chi connectivity index (χ4v) is 7.43. The summed E-state index contributed by atoms with van der Waals surface area (Å²) in [4.78, 5) is 28.8. The second-order valence-corrected chi connectivity index (χ2v) is 14.3. The van der Waals surface area contributed by atoms with Crippen molar-refractivity contribution in [1.29, 1.82) is 0 Å². The van der Waals surface area contributed by atoms with Gasteiger partial charge in [0.25, 0.3) is 5.78 Å². The predicted octanol–water partition coefficient (Wildman–Crippen LogP) is 8.52. The van der Waals surface area contributed by atoms with Gasteiger partial charge < -0.3 is 5.11 Å². The average Bonchev–Trinajstić information content (AvgIpc) is 3.58. The molecule has 0 saturated carbocycles. The highest BCUT2D eigenvalue weighted by Gasteiger charge is 2.48. The zero-order chi connectivity index (χ0) is 31.2. The van der Waals surface area contributed by atoms with Crippen molar-refractivity contribution in [1.82, 2.24) is 10.2 Å². The number of fused-ring (bicyclic) bond motifs is 1. The molecule has 1 aromatic heterocycles. The number of thioether (sulfide) groups is 1. The number of aliphatic hydroxyl groups excluding tert-OH is 1. The lowest BCUT2D eigenvalue weighted by Gasteiger charge is -2.24. The number of amides is 1. The largest absolute Gasteiger partial charge is 0.507 e. The number of Topliss-reactive ketones (excluding diaryl/α,β-unsaturated/α-hetero) is 1. The maximum absolute atomic E-state index is 13.7. The molecule has 6 nitrogen and oxygen atoms in total. The summed E-state index contributed by atoms with van der Waals surface area (Å²) in [6, 6.07) is 27.2. The number of nitrogens with zero attached hydrogens (tertiary/aromatic N) is 3. The third kappa shape index (κ3) is 5.55. The van der Waals surface area contributed by atoms with E-state index in [-0.39, 0.29) is 16.7 Å². The Morgan fingerprint density at radius 3 is 2.41 bits per heavy atom. The summed E-state index contributed by atoms with van der Waals surface area (Å²) in [5.41, 5.74) is 5.26. The van der Waals surface area contributed by atoms with Crippen LogP contribution in [0, 0.1) is 13.8 Å². The summed E-state index contributed by atoms with van der Waals surface area (Å²) in [6.07, 6.45) is 0. The minimum atomic E-state index is -0.854. The van der Waals surface area contributed by atoms with Gasteiger partial charge >= 0.3 is 5.91 Å². The van der Waals surface area contributed by atoms with Gasteiger partial charge in [-0.3, -0.25) is 14.5 Å². The molecule has 1 N–H and O–H groups in total. The quantitative estimate of drug-likeness (QED) is 0.0674. The number of rotatable bonds is 6. The van der Waals surface area contributed by atoms with Gasteiger partial charge in [-0.2, -0.15) is 0 Å². The summed E-state index contributed by atoms with van der Waals surface area (Å²) in [7, 11) is 0. The highest BCUT2D eigenvalue weighted by molar-refractivity contribution is 8.00. The molecule has 6 rings (SSSR count). The molecule has 1 unspecified atom stereocenters. The van der Waals surface area contributed by atoms with E-state index < -0.39 is 17.7 Å². The first-order valence-electron chi connectivity index (χ1n) is 14.4. The van der Waals surface area contributed by atoms with Crippen LogP contribution in [0.4, 0.5) is 5.13 Å². The minimum absolute atomic E-state index is 0.0485. The normalized spacial score (nSPS) is 16.7. The molecule has 1 atom stereocenters. The molecule has 0 bridgehead atoms. The lowest BCUT2D eigenvalue weighted by Crippen LogP contribution is -2.29. The summed E-state index contributed by atoms with van der Waals surface area (Å²) in [6.45, 7) is 10.2. The van der Waals surface area contributed by atoms with E-state index in [0.29, 0.717) is 26.4 Å². The summed E-state index contributed by atoms with van der Waals surface area (Å²) in [5, 5.41) is 23.1. The third-order valence-corrected chi connectivity index (χ3v) is 10.1. The molecule has 1 saturated heterocycles. The average molecular weight is 620 g/mol. The Balaban J connectivity index is 1.40. The molecule has 1 fully saturated rings. The Bertz CT molecular complexity index is 1930. The number of aryl methyl sites for hydroxylation is 2. The first-order chi connectivity index (χ1) is 21.0. The van der Waals surface area contributed by atoms with E-state index in [4.69, 9.17) is 0 Å². The fraction of sp³-hybridized carbons (Fsp3) is 0.222. The number of aromatic nitrogens is 2. The van der Waals surface area contributed by atoms with Crippen molar-refractivity contribution in [2.24, 2.45) is 0 Å². The minimum Gasteiger partial charge on any atom is -0.507 e. The van der Waals surface area contributed by atoms with Gasteiger partial charge in [0, 0.05) is 11.3 Å². The molecule has 222 valence electrons. The van der Waals surface area contributed by atoms with Crippen molar-refractivity contribution >= 4 is 56.5 Å². The zero-order valence-corrected chi connectivity index (χ0v) is 26.9. The van der Waals surface area contributed by atoms with Crippen molar-refractivity contribution in [3.05, 3.63) is 124 Å². The van der Waals surface area contributed by atoms with Crippen LogP contribution >= 0.6 is 23.1 Å². The Labute approximate surface area is 265 Å². The molecule has 5 aromatic rings. The van der Waals surface area contributed by atoms with E-state index in [0.717, 1.165) is 16.7 Å². The first kappa shape index (κ1) is 29.8. The maximum Gasteiger partial charge on any atom is 0.301 e. The number of benzene rings is 4. The van der Waals surface area contributed by atoms with E-state index in [2.05, 4.69) is 55.2 Å². The van der Waals surface area contributed by atoms with E-state index in [9.17, 15) is 14.7 Å². The smallest absolute Gasteiger partial charge is 0.301 e. The summed E-state index contributed by atoms with van der Waals surface area (Å²) < 4.78 is 0.686. The number of hydrogen-bond donors (Lipinski definition) is 1. The molecule has 2 heterocycles. The van der Waals surface area contributed by atoms with Crippen LogP contribution in [-0.2, 0) is 20.8 Å². The van der Waals surface area contributed by atoms with Gasteiger partial charge in [-0.25, -0.2) is 0 Å². The van der Waals surface area contributed by atoms with E-state index >= 15 is 0 Å². The van der Waals surface area contributed by atoms with Crippen LogP contribution in [0.5, 0.6) is 0 Å². The second-order valence-electron chi connectivity index (χ2n) is 12.1. The highest BCUT2D eigenvalue weighted by atomic mass is 32.2. The molecule has 1 aliphatic rings. The van der Waals surface area contributed by atoms with E-state index in [1.54, 1.807) is 0 Å². The summed E-state index contributed by atoms with van der Waals surface area (Å²) in [5.74, 6) is -0.983. The second kappa shape index (κ2) is 11.7. The number of ketones is 1. The Kier molecular flexibility index (Phi) is 7.90. The van der Waals surface area contributed by atoms with Crippen LogP contribution in [-0.4, -0.2) is 27.0 Å². The molecule has 1 aliphatic heterocycles. The number of carbonyl (C=O) groups is 2. The Morgan fingerprint density at radius 1 is 0.932 bits per heavy atom. The van der Waals surface area contributed by atoms with Gasteiger partial charge in [0.2, 0.25) is 5.13 Å². The van der Waals surface area contributed by atoms with Gasteiger partial charge in [-0.05, 0) is 58.4 Å². The van der Waals surface area contributed by atoms with Gasteiger partial charge in [0.1, 0.15) is 5.76 Å². The zero-order valence-electron chi connectivity index (χ0n) is 25.3. The molecular formula is C36H33N3O3S2. The topological polar surface area (TPSA) is 83.4 Å². The molecule has 4 aromatic carbocycles. The number of carbonyl (C=O) groups excluding carboxylic acids is 2. The van der Waals surface area contributed by atoms with E-state index in [1.807, 2.05) is 74.5 Å². The summed E-state index contributed by atoms with van der Waals surface area (Å²) >= 11 is 2.81. The molecule has 0 aliphatic carbocycles. The Morgan fingerprint density at radius 2 is 1.66 bits per heavy atom. The Hall–Kier alpha value is -4.27. The maximum atomic E-state index is 13.7. The first-order valence-corrected chi connectivity index (χ1v) is 16.2. The SMILES string of the molecule is Cc1ccc(C)c(C(O)=C2C(=O)C(=O)N(c3nnc(SCc4cccc5ccccc45)s3)C2c2ccc(C(C)(C)C)cc2)c1. The van der Waals surface area contributed by atoms with Crippen molar-refractivity contribution in [2.75, 3.05) is 4.90 Å². The van der Waals surface area contributed by atoms with Crippen molar-refractivity contribution < 1.29 is 14.7 Å². The van der Waals surface area contributed by atoms with Crippen LogP contribution in [0.1, 0.15) is 60.2 Å². The van der Waals surface area contributed by atoms with Crippen LogP contribution in [0.3, 0.4) is 0 Å². The molecular weight excluding hydrogens is 587 g/mol. The lowest BCUT2D eigenvalue weighted by molar-refractivity contribution is -0.132. The third-order valence-electron chi connectivity index (χ3n) is 8.02. The molecule has 0 spiro atoms. The van der Waals surface area contributed by atoms with Crippen LogP contribution in [0.2, 0.25) is 0 Å². The molecule has 8 heteroatoms. The number of hydrogen-bond acceptors (Lipinski definition) is 7. The van der Waals surface area contributed by atoms with Gasteiger partial charge in [-0.1, -0.05) is 128 Å². The monoisotopic (exact) mass is 619 g/mol.